The number of nitrogens with zero attached hydrogens (tertiary/aromatic N) is 4. The third kappa shape index (κ3) is 3.36. The largest absolute Gasteiger partial charge is 0.338 e. The third-order valence-corrected chi connectivity index (χ3v) is 4.94. The lowest BCUT2D eigenvalue weighted by atomic mass is 10.2. The van der Waals surface area contributed by atoms with Gasteiger partial charge < -0.3 is 4.52 Å². The smallest absolute Gasteiger partial charge is 0.261 e. The van der Waals surface area contributed by atoms with Gasteiger partial charge in [0.1, 0.15) is 0 Å². The monoisotopic (exact) mass is 344 g/mol. The Balaban J connectivity index is 1.85. The maximum Gasteiger partial charge on any atom is 0.261 e. The Morgan fingerprint density at radius 3 is 2.88 bits per heavy atom. The number of thioether (sulfide) groups is 1. The van der Waals surface area contributed by atoms with Crippen molar-refractivity contribution in [3.05, 3.63) is 46.3 Å². The first-order valence-electron chi connectivity index (χ1n) is 8.05. The van der Waals surface area contributed by atoms with Crippen LogP contribution in [0.15, 0.2) is 38.7 Å². The molecule has 0 radical (unpaired) electrons. The Kier molecular flexibility index (Phi) is 4.99. The molecule has 0 bridgehead atoms. The van der Waals surface area contributed by atoms with Gasteiger partial charge in [-0.15, -0.1) is 0 Å². The highest BCUT2D eigenvalue weighted by molar-refractivity contribution is 7.99. The maximum absolute atomic E-state index is 12.4. The zero-order chi connectivity index (χ0) is 17.1. The molecule has 126 valence electrons. The van der Waals surface area contributed by atoms with Gasteiger partial charge in [0, 0.05) is 13.5 Å². The summed E-state index contributed by atoms with van der Waals surface area (Å²) >= 11 is 1.45. The number of aromatic nitrogens is 4. The maximum atomic E-state index is 12.4. The van der Waals surface area contributed by atoms with Crippen molar-refractivity contribution in [2.45, 2.75) is 43.5 Å². The summed E-state index contributed by atoms with van der Waals surface area (Å²) in [4.78, 5) is 21.5. The van der Waals surface area contributed by atoms with Crippen molar-refractivity contribution in [1.29, 1.82) is 0 Å². The summed E-state index contributed by atoms with van der Waals surface area (Å²) in [6, 6.07) is 7.36. The molecule has 24 heavy (non-hydrogen) atoms. The summed E-state index contributed by atoms with van der Waals surface area (Å²) in [5.74, 6) is 1.30. The van der Waals surface area contributed by atoms with Gasteiger partial charge in [-0.2, -0.15) is 4.98 Å². The topological polar surface area (TPSA) is 73.8 Å². The highest BCUT2D eigenvalue weighted by Gasteiger charge is 2.18. The fourth-order valence-corrected chi connectivity index (χ4v) is 3.29. The molecule has 3 aromatic rings. The van der Waals surface area contributed by atoms with E-state index in [-0.39, 0.29) is 10.8 Å². The predicted molar refractivity (Wildman–Crippen MR) is 94.2 cm³/mol. The molecular weight excluding hydrogens is 324 g/mol. The van der Waals surface area contributed by atoms with E-state index >= 15 is 0 Å². The Hall–Kier alpha value is -2.15. The minimum Gasteiger partial charge on any atom is -0.338 e. The molecule has 0 amide bonds. The molecule has 0 spiro atoms. The molecular formula is C17H20N4O2S. The molecule has 0 fully saturated rings. The fourth-order valence-electron chi connectivity index (χ4n) is 2.38. The van der Waals surface area contributed by atoms with E-state index in [4.69, 9.17) is 4.52 Å². The highest BCUT2D eigenvalue weighted by atomic mass is 32.2. The second-order valence-electron chi connectivity index (χ2n) is 5.69. The lowest BCUT2D eigenvalue weighted by Crippen LogP contribution is -2.20. The average Bonchev–Trinajstić information content (AvgIpc) is 3.06. The normalized spacial score (nSPS) is 12.6. The number of unbranched alkanes of at least 4 members (excludes halogenated alkanes) is 1. The Morgan fingerprint density at radius 1 is 1.29 bits per heavy atom. The molecule has 0 aliphatic rings. The van der Waals surface area contributed by atoms with Crippen molar-refractivity contribution in [1.82, 2.24) is 19.7 Å². The molecule has 3 rings (SSSR count). The van der Waals surface area contributed by atoms with Crippen LogP contribution in [0.2, 0.25) is 0 Å². The van der Waals surface area contributed by atoms with E-state index in [0.717, 1.165) is 25.1 Å². The molecule has 1 unspecified atom stereocenters. The predicted octanol–water partition coefficient (Wildman–Crippen LogP) is 3.51. The number of para-hydroxylation sites is 1. The molecule has 2 aromatic heterocycles. The molecule has 0 saturated heterocycles. The SMILES string of the molecule is CCCCc1noc(C(C)Sc2nc3ccccc3c(=O)n2C)n1. The van der Waals surface area contributed by atoms with Gasteiger partial charge in [-0.3, -0.25) is 9.36 Å². The van der Waals surface area contributed by atoms with Gasteiger partial charge in [0.05, 0.1) is 16.2 Å². The van der Waals surface area contributed by atoms with E-state index in [9.17, 15) is 4.79 Å². The van der Waals surface area contributed by atoms with Crippen molar-refractivity contribution in [3.63, 3.8) is 0 Å². The zero-order valence-corrected chi connectivity index (χ0v) is 14.8. The van der Waals surface area contributed by atoms with Crippen molar-refractivity contribution >= 4 is 22.7 Å². The number of benzene rings is 1. The Labute approximate surface area is 144 Å². The van der Waals surface area contributed by atoms with Crippen LogP contribution in [-0.4, -0.2) is 19.7 Å². The highest BCUT2D eigenvalue weighted by Crippen LogP contribution is 2.32. The number of hydrogen-bond donors (Lipinski definition) is 0. The van der Waals surface area contributed by atoms with Crippen LogP contribution >= 0.6 is 11.8 Å². The van der Waals surface area contributed by atoms with Crippen LogP contribution in [0.4, 0.5) is 0 Å². The van der Waals surface area contributed by atoms with Crippen molar-refractivity contribution in [2.75, 3.05) is 0 Å². The van der Waals surface area contributed by atoms with Crippen LogP contribution in [-0.2, 0) is 13.5 Å². The lowest BCUT2D eigenvalue weighted by Gasteiger charge is -2.10. The van der Waals surface area contributed by atoms with Crippen LogP contribution in [0.1, 0.15) is 43.7 Å². The molecule has 2 heterocycles. The van der Waals surface area contributed by atoms with E-state index in [2.05, 4.69) is 22.0 Å². The molecule has 0 aliphatic heterocycles. The van der Waals surface area contributed by atoms with Crippen LogP contribution in [0.5, 0.6) is 0 Å². The summed E-state index contributed by atoms with van der Waals surface area (Å²) < 4.78 is 6.92. The first-order chi connectivity index (χ1) is 11.6. The number of fused-ring (bicyclic) bond motifs is 1. The van der Waals surface area contributed by atoms with Crippen molar-refractivity contribution in [3.8, 4) is 0 Å². The van der Waals surface area contributed by atoms with E-state index in [1.54, 1.807) is 17.7 Å². The molecule has 7 heteroatoms. The van der Waals surface area contributed by atoms with Crippen LogP contribution in [0.3, 0.4) is 0 Å². The molecule has 1 atom stereocenters. The molecule has 1 aromatic carbocycles. The van der Waals surface area contributed by atoms with Gasteiger partial charge in [0.25, 0.3) is 5.56 Å². The minimum atomic E-state index is -0.0767. The average molecular weight is 344 g/mol. The number of aryl methyl sites for hydroxylation is 1. The Bertz CT molecular complexity index is 903. The van der Waals surface area contributed by atoms with Crippen LogP contribution in [0, 0.1) is 0 Å². The molecule has 0 saturated carbocycles. The van der Waals surface area contributed by atoms with Gasteiger partial charge in [0.15, 0.2) is 11.0 Å². The van der Waals surface area contributed by atoms with Crippen LogP contribution in [0.25, 0.3) is 10.9 Å². The van der Waals surface area contributed by atoms with Crippen LogP contribution < -0.4 is 5.56 Å². The third-order valence-electron chi connectivity index (χ3n) is 3.81. The van der Waals surface area contributed by atoms with Gasteiger partial charge in [-0.25, -0.2) is 4.98 Å². The Morgan fingerprint density at radius 2 is 2.08 bits per heavy atom. The molecule has 6 nitrogen and oxygen atoms in total. The van der Waals surface area contributed by atoms with Crippen molar-refractivity contribution in [2.24, 2.45) is 7.05 Å². The van der Waals surface area contributed by atoms with Gasteiger partial charge >= 0.3 is 0 Å². The molecule has 0 N–H and O–H groups in total. The van der Waals surface area contributed by atoms with E-state index in [1.165, 1.54) is 11.8 Å². The lowest BCUT2D eigenvalue weighted by molar-refractivity contribution is 0.374. The molecule has 0 aliphatic carbocycles. The van der Waals surface area contributed by atoms with Gasteiger partial charge in [-0.1, -0.05) is 42.4 Å². The van der Waals surface area contributed by atoms with Crippen molar-refractivity contribution < 1.29 is 4.52 Å². The minimum absolute atomic E-state index is 0.0514. The number of rotatable bonds is 6. The fraction of sp³-hybridized carbons (Fsp3) is 0.412. The first kappa shape index (κ1) is 16.7. The van der Waals surface area contributed by atoms with E-state index in [1.807, 2.05) is 25.1 Å². The summed E-state index contributed by atoms with van der Waals surface area (Å²) in [6.07, 6.45) is 2.96. The standard InChI is InChI=1S/C17H20N4O2S/c1-4-5-10-14-19-15(23-20-14)11(2)24-17-18-13-9-7-6-8-12(13)16(22)21(17)3/h6-9,11H,4-5,10H2,1-3H3. The summed E-state index contributed by atoms with van der Waals surface area (Å²) in [6.45, 7) is 4.11. The summed E-state index contributed by atoms with van der Waals surface area (Å²) in [5, 5.41) is 5.20. The quantitative estimate of drug-likeness (QED) is 0.503. The summed E-state index contributed by atoms with van der Waals surface area (Å²) in [5.41, 5.74) is 0.647. The van der Waals surface area contributed by atoms with Gasteiger partial charge in [0.2, 0.25) is 5.89 Å². The number of hydrogen-bond acceptors (Lipinski definition) is 6. The second-order valence-corrected chi connectivity index (χ2v) is 7.00. The van der Waals surface area contributed by atoms with E-state index in [0.29, 0.717) is 22.0 Å². The first-order valence-corrected chi connectivity index (χ1v) is 8.93. The van der Waals surface area contributed by atoms with E-state index < -0.39 is 0 Å². The zero-order valence-electron chi connectivity index (χ0n) is 14.0. The van der Waals surface area contributed by atoms with Gasteiger partial charge in [-0.05, 0) is 25.5 Å². The second kappa shape index (κ2) is 7.17. The summed E-state index contributed by atoms with van der Waals surface area (Å²) in [7, 11) is 1.73.